The van der Waals surface area contributed by atoms with Crippen molar-refractivity contribution in [3.8, 4) is 11.1 Å². The van der Waals surface area contributed by atoms with Crippen molar-refractivity contribution in [1.29, 1.82) is 0 Å². The molecule has 5 heteroatoms. The zero-order valence-corrected chi connectivity index (χ0v) is 14.3. The fraction of sp³-hybridized carbons (Fsp3) is 0.0455. The van der Waals surface area contributed by atoms with Crippen LogP contribution >= 0.6 is 0 Å². The Balaban J connectivity index is 1.43. The van der Waals surface area contributed by atoms with Gasteiger partial charge in [0.25, 0.3) is 11.8 Å². The molecule has 1 aliphatic heterocycles. The second kappa shape index (κ2) is 6.88. The standard InChI is InChI=1S/C22H15NO4/c24-20-18-8-4-5-9-19(18)21(25)23(20)14-27-22(26)17-12-10-16(11-13-17)15-6-2-1-3-7-15/h1-13H,14H2. The first kappa shape index (κ1) is 16.7. The van der Waals surface area contributed by atoms with Crippen molar-refractivity contribution >= 4 is 17.8 Å². The lowest BCUT2D eigenvalue weighted by molar-refractivity contribution is 0.0228. The highest BCUT2D eigenvalue weighted by atomic mass is 16.5. The molecule has 0 fully saturated rings. The summed E-state index contributed by atoms with van der Waals surface area (Å²) in [6.07, 6.45) is 0. The number of imide groups is 1. The minimum atomic E-state index is -0.592. The summed E-state index contributed by atoms with van der Waals surface area (Å²) in [7, 11) is 0. The van der Waals surface area contributed by atoms with Gasteiger partial charge >= 0.3 is 5.97 Å². The van der Waals surface area contributed by atoms with Gasteiger partial charge < -0.3 is 4.74 Å². The minimum Gasteiger partial charge on any atom is -0.440 e. The first-order valence-corrected chi connectivity index (χ1v) is 8.43. The highest BCUT2D eigenvalue weighted by Gasteiger charge is 2.35. The van der Waals surface area contributed by atoms with E-state index in [4.69, 9.17) is 4.74 Å². The van der Waals surface area contributed by atoms with E-state index in [1.54, 1.807) is 36.4 Å². The quantitative estimate of drug-likeness (QED) is 0.527. The molecule has 1 aliphatic rings. The van der Waals surface area contributed by atoms with Crippen molar-refractivity contribution in [2.24, 2.45) is 0 Å². The predicted octanol–water partition coefficient (Wildman–Crippen LogP) is 3.76. The zero-order valence-electron chi connectivity index (χ0n) is 14.3. The average Bonchev–Trinajstić information content (AvgIpc) is 2.97. The van der Waals surface area contributed by atoms with Crippen molar-refractivity contribution < 1.29 is 19.1 Å². The maximum atomic E-state index is 12.3. The monoisotopic (exact) mass is 357 g/mol. The maximum Gasteiger partial charge on any atom is 0.339 e. The van der Waals surface area contributed by atoms with E-state index in [9.17, 15) is 14.4 Å². The molecule has 3 aromatic carbocycles. The molecule has 0 aliphatic carbocycles. The molecule has 0 saturated heterocycles. The molecule has 0 saturated carbocycles. The van der Waals surface area contributed by atoms with Crippen molar-refractivity contribution in [3.63, 3.8) is 0 Å². The summed E-state index contributed by atoms with van der Waals surface area (Å²) in [4.78, 5) is 37.7. The Hall–Kier alpha value is -3.73. The van der Waals surface area contributed by atoms with Gasteiger partial charge in [-0.05, 0) is 35.4 Å². The Morgan fingerprint density at radius 2 is 1.22 bits per heavy atom. The van der Waals surface area contributed by atoms with Crippen LogP contribution in [-0.2, 0) is 4.74 Å². The van der Waals surface area contributed by atoms with Crippen LogP contribution in [0.5, 0.6) is 0 Å². The number of hydrogen-bond acceptors (Lipinski definition) is 4. The Labute approximate surface area is 155 Å². The van der Waals surface area contributed by atoms with Crippen LogP contribution in [0.4, 0.5) is 0 Å². The second-order valence-corrected chi connectivity index (χ2v) is 6.09. The predicted molar refractivity (Wildman–Crippen MR) is 99.1 cm³/mol. The van der Waals surface area contributed by atoms with Gasteiger partial charge in [-0.15, -0.1) is 0 Å². The molecule has 3 aromatic rings. The van der Waals surface area contributed by atoms with E-state index < -0.39 is 24.5 Å². The van der Waals surface area contributed by atoms with E-state index in [0.717, 1.165) is 16.0 Å². The van der Waals surface area contributed by atoms with E-state index in [-0.39, 0.29) is 0 Å². The summed E-state index contributed by atoms with van der Waals surface area (Å²) < 4.78 is 5.17. The number of nitrogens with zero attached hydrogens (tertiary/aromatic N) is 1. The molecule has 0 atom stereocenters. The molecule has 2 amide bonds. The maximum absolute atomic E-state index is 12.3. The molecule has 27 heavy (non-hydrogen) atoms. The van der Waals surface area contributed by atoms with Gasteiger partial charge in [0.05, 0.1) is 16.7 Å². The molecule has 0 bridgehead atoms. The van der Waals surface area contributed by atoms with E-state index in [1.807, 2.05) is 42.5 Å². The molecular formula is C22H15NO4. The molecule has 5 nitrogen and oxygen atoms in total. The van der Waals surface area contributed by atoms with Crippen LogP contribution < -0.4 is 0 Å². The van der Waals surface area contributed by atoms with E-state index in [1.165, 1.54) is 0 Å². The smallest absolute Gasteiger partial charge is 0.339 e. The average molecular weight is 357 g/mol. The molecular weight excluding hydrogens is 342 g/mol. The molecule has 0 unspecified atom stereocenters. The van der Waals surface area contributed by atoms with Gasteiger partial charge in [0.2, 0.25) is 0 Å². The van der Waals surface area contributed by atoms with Gasteiger partial charge in [0.15, 0.2) is 6.73 Å². The summed E-state index contributed by atoms with van der Waals surface area (Å²) in [6.45, 7) is -0.411. The fourth-order valence-electron chi connectivity index (χ4n) is 2.99. The Bertz CT molecular complexity index is 991. The van der Waals surface area contributed by atoms with Crippen LogP contribution in [0.15, 0.2) is 78.9 Å². The molecule has 1 heterocycles. The van der Waals surface area contributed by atoms with Crippen molar-refractivity contribution in [3.05, 3.63) is 95.6 Å². The van der Waals surface area contributed by atoms with Crippen molar-refractivity contribution in [2.45, 2.75) is 0 Å². The van der Waals surface area contributed by atoms with Crippen LogP contribution in [0.25, 0.3) is 11.1 Å². The van der Waals surface area contributed by atoms with E-state index >= 15 is 0 Å². The Morgan fingerprint density at radius 1 is 0.704 bits per heavy atom. The number of ether oxygens (including phenoxy) is 1. The summed E-state index contributed by atoms with van der Waals surface area (Å²) in [6, 6.07) is 23.3. The summed E-state index contributed by atoms with van der Waals surface area (Å²) in [5.74, 6) is -1.50. The highest BCUT2D eigenvalue weighted by molar-refractivity contribution is 6.21. The lowest BCUT2D eigenvalue weighted by Gasteiger charge is -2.14. The fourth-order valence-corrected chi connectivity index (χ4v) is 2.99. The lowest BCUT2D eigenvalue weighted by Crippen LogP contribution is -2.33. The SMILES string of the molecule is O=C(OCN1C(=O)c2ccccc2C1=O)c1ccc(-c2ccccc2)cc1. The summed E-state index contributed by atoms with van der Waals surface area (Å²) >= 11 is 0. The van der Waals surface area contributed by atoms with Gasteiger partial charge in [-0.3, -0.25) is 9.59 Å². The summed E-state index contributed by atoms with van der Waals surface area (Å²) in [5.41, 5.74) is 3.03. The van der Waals surface area contributed by atoms with E-state index in [2.05, 4.69) is 0 Å². The number of carbonyl (C=O) groups excluding carboxylic acids is 3. The number of rotatable bonds is 4. The Kier molecular flexibility index (Phi) is 4.26. The van der Waals surface area contributed by atoms with Crippen LogP contribution in [0.2, 0.25) is 0 Å². The second-order valence-electron chi connectivity index (χ2n) is 6.09. The minimum absolute atomic E-state index is 0.325. The van der Waals surface area contributed by atoms with Crippen molar-refractivity contribution in [2.75, 3.05) is 6.73 Å². The lowest BCUT2D eigenvalue weighted by atomic mass is 10.0. The summed E-state index contributed by atoms with van der Waals surface area (Å²) in [5, 5.41) is 0. The van der Waals surface area contributed by atoms with Crippen LogP contribution in [0.1, 0.15) is 31.1 Å². The number of fused-ring (bicyclic) bond motifs is 1. The number of carbonyl (C=O) groups is 3. The molecule has 0 spiro atoms. The van der Waals surface area contributed by atoms with Gasteiger partial charge in [-0.2, -0.15) is 0 Å². The van der Waals surface area contributed by atoms with Crippen molar-refractivity contribution in [1.82, 2.24) is 4.90 Å². The number of benzene rings is 3. The highest BCUT2D eigenvalue weighted by Crippen LogP contribution is 2.23. The third-order valence-corrected chi connectivity index (χ3v) is 4.43. The van der Waals surface area contributed by atoms with Gasteiger partial charge in [-0.25, -0.2) is 9.69 Å². The topological polar surface area (TPSA) is 63.7 Å². The molecule has 4 rings (SSSR count). The first-order chi connectivity index (χ1) is 13.1. The number of amides is 2. The zero-order chi connectivity index (χ0) is 18.8. The van der Waals surface area contributed by atoms with Crippen LogP contribution in [0, 0.1) is 0 Å². The third-order valence-electron chi connectivity index (χ3n) is 4.43. The van der Waals surface area contributed by atoms with E-state index in [0.29, 0.717) is 16.7 Å². The van der Waals surface area contributed by atoms with Gasteiger partial charge in [0.1, 0.15) is 0 Å². The molecule has 0 aromatic heterocycles. The molecule has 0 N–H and O–H groups in total. The largest absolute Gasteiger partial charge is 0.440 e. The normalized spacial score (nSPS) is 12.8. The Morgan fingerprint density at radius 3 is 1.81 bits per heavy atom. The van der Waals surface area contributed by atoms with Crippen LogP contribution in [0.3, 0.4) is 0 Å². The number of esters is 1. The third kappa shape index (κ3) is 3.11. The first-order valence-electron chi connectivity index (χ1n) is 8.43. The van der Waals surface area contributed by atoms with Crippen LogP contribution in [-0.4, -0.2) is 29.4 Å². The number of hydrogen-bond donors (Lipinski definition) is 0. The van der Waals surface area contributed by atoms with Gasteiger partial charge in [-0.1, -0.05) is 54.6 Å². The van der Waals surface area contributed by atoms with Gasteiger partial charge in [0, 0.05) is 0 Å². The molecule has 132 valence electrons. The molecule has 0 radical (unpaired) electrons.